The number of nitrogens with zero attached hydrogens (tertiary/aromatic N) is 2. The zero-order valence-corrected chi connectivity index (χ0v) is 17.2. The predicted molar refractivity (Wildman–Crippen MR) is 104 cm³/mol. The van der Waals surface area contributed by atoms with Gasteiger partial charge in [0.05, 0.1) is 32.0 Å². The first-order chi connectivity index (χ1) is 14.7. The topological polar surface area (TPSA) is 78.0 Å². The average Bonchev–Trinajstić information content (AvgIpc) is 2.77. The molecule has 0 atom stereocenters. The summed E-state index contributed by atoms with van der Waals surface area (Å²) in [5, 5.41) is 0.394. The van der Waals surface area contributed by atoms with Crippen LogP contribution in [0.15, 0.2) is 63.8 Å². The van der Waals surface area contributed by atoms with Gasteiger partial charge in [0.2, 0.25) is 0 Å². The maximum Gasteiger partial charge on any atom is 0.417 e. The molecule has 0 aliphatic carbocycles. The summed E-state index contributed by atoms with van der Waals surface area (Å²) < 4.78 is 52.9. The number of hydrogen-bond acceptors (Lipinski definition) is 8. The van der Waals surface area contributed by atoms with Crippen molar-refractivity contribution in [2.75, 3.05) is 32.5 Å². The zero-order chi connectivity index (χ0) is 22.6. The lowest BCUT2D eigenvalue weighted by Crippen LogP contribution is -2.38. The van der Waals surface area contributed by atoms with E-state index in [-0.39, 0.29) is 24.6 Å². The summed E-state index contributed by atoms with van der Waals surface area (Å²) in [6, 6.07) is 9.04. The first-order valence-electron chi connectivity index (χ1n) is 8.81. The van der Waals surface area contributed by atoms with E-state index in [1.165, 1.54) is 36.9 Å². The van der Waals surface area contributed by atoms with E-state index >= 15 is 0 Å². The Labute approximate surface area is 179 Å². The molecule has 0 saturated carbocycles. The van der Waals surface area contributed by atoms with Gasteiger partial charge in [-0.3, -0.25) is 0 Å². The van der Waals surface area contributed by atoms with Gasteiger partial charge < -0.3 is 19.1 Å². The highest BCUT2D eigenvalue weighted by molar-refractivity contribution is 7.99. The summed E-state index contributed by atoms with van der Waals surface area (Å²) in [4.78, 5) is 30.4. The van der Waals surface area contributed by atoms with Crippen molar-refractivity contribution < 1.29 is 37.0 Å². The Balaban J connectivity index is 1.83. The van der Waals surface area contributed by atoms with E-state index in [9.17, 15) is 22.8 Å². The number of esters is 2. The number of anilines is 1. The second kappa shape index (κ2) is 9.40. The second-order valence-corrected chi connectivity index (χ2v) is 7.29. The molecule has 164 valence electrons. The number of pyridine rings is 1. The number of rotatable bonds is 5. The van der Waals surface area contributed by atoms with E-state index in [2.05, 4.69) is 4.98 Å². The molecule has 0 saturated heterocycles. The zero-order valence-electron chi connectivity index (χ0n) is 16.4. The highest BCUT2D eigenvalue weighted by Crippen LogP contribution is 2.33. The molecule has 3 rings (SSSR count). The van der Waals surface area contributed by atoms with Gasteiger partial charge in [-0.1, -0.05) is 11.8 Å². The highest BCUT2D eigenvalue weighted by atomic mass is 32.2. The standard InChI is InChI=1S/C20H17F3N2O5S/c1-28-18(26)15-10-30-11-25(17(15)19(27)29-2)13-4-6-14(7-5-13)31-16-8-3-12(9-24-16)20(21,22)23/h3-9H,10-11H2,1-2H3. The van der Waals surface area contributed by atoms with Gasteiger partial charge in [0.15, 0.2) is 0 Å². The van der Waals surface area contributed by atoms with E-state index in [1.807, 2.05) is 0 Å². The maximum absolute atomic E-state index is 12.7. The lowest BCUT2D eigenvalue weighted by molar-refractivity contribution is -0.140. The van der Waals surface area contributed by atoms with Crippen LogP contribution >= 0.6 is 11.8 Å². The lowest BCUT2D eigenvalue weighted by atomic mass is 10.1. The average molecular weight is 454 g/mol. The summed E-state index contributed by atoms with van der Waals surface area (Å²) in [5.41, 5.74) is -0.217. The predicted octanol–water partition coefficient (Wildman–Crippen LogP) is 3.65. The monoisotopic (exact) mass is 454 g/mol. The quantitative estimate of drug-likeness (QED) is 0.634. The minimum Gasteiger partial charge on any atom is -0.466 e. The Bertz CT molecular complexity index is 991. The van der Waals surface area contributed by atoms with Gasteiger partial charge in [-0.05, 0) is 36.4 Å². The van der Waals surface area contributed by atoms with Gasteiger partial charge in [-0.2, -0.15) is 13.2 Å². The van der Waals surface area contributed by atoms with Crippen molar-refractivity contribution in [3.05, 3.63) is 59.4 Å². The van der Waals surface area contributed by atoms with Crippen molar-refractivity contribution in [3.63, 3.8) is 0 Å². The van der Waals surface area contributed by atoms with Crippen molar-refractivity contribution in [3.8, 4) is 0 Å². The summed E-state index contributed by atoms with van der Waals surface area (Å²) >= 11 is 1.18. The minimum atomic E-state index is -4.44. The van der Waals surface area contributed by atoms with Gasteiger partial charge >= 0.3 is 18.1 Å². The fourth-order valence-electron chi connectivity index (χ4n) is 2.77. The summed E-state index contributed by atoms with van der Waals surface area (Å²) in [7, 11) is 2.40. The van der Waals surface area contributed by atoms with Crippen LogP contribution in [0.2, 0.25) is 0 Å². The Morgan fingerprint density at radius 3 is 2.29 bits per heavy atom. The Morgan fingerprint density at radius 2 is 1.74 bits per heavy atom. The molecule has 2 heterocycles. The van der Waals surface area contributed by atoms with Gasteiger partial charge in [0.25, 0.3) is 0 Å². The van der Waals surface area contributed by atoms with E-state index in [1.54, 1.807) is 24.3 Å². The molecule has 2 aromatic rings. The van der Waals surface area contributed by atoms with Gasteiger partial charge in [0.1, 0.15) is 17.5 Å². The molecule has 31 heavy (non-hydrogen) atoms. The first kappa shape index (κ1) is 22.6. The molecular weight excluding hydrogens is 437 g/mol. The van der Waals surface area contributed by atoms with Crippen LogP contribution in [-0.4, -0.2) is 44.5 Å². The third-order valence-electron chi connectivity index (χ3n) is 4.27. The first-order valence-corrected chi connectivity index (χ1v) is 9.62. The highest BCUT2D eigenvalue weighted by Gasteiger charge is 2.32. The molecule has 1 aromatic carbocycles. The van der Waals surface area contributed by atoms with E-state index < -0.39 is 23.7 Å². The van der Waals surface area contributed by atoms with Crippen molar-refractivity contribution in [2.24, 2.45) is 0 Å². The van der Waals surface area contributed by atoms with E-state index in [0.717, 1.165) is 12.3 Å². The van der Waals surface area contributed by atoms with Gasteiger partial charge in [-0.15, -0.1) is 0 Å². The third-order valence-corrected chi connectivity index (χ3v) is 5.23. The number of alkyl halides is 3. The summed E-state index contributed by atoms with van der Waals surface area (Å²) in [5.74, 6) is -1.42. The number of hydrogen-bond donors (Lipinski definition) is 0. The van der Waals surface area contributed by atoms with Crippen LogP contribution in [0.4, 0.5) is 18.9 Å². The number of halogens is 3. The molecule has 1 aliphatic rings. The molecule has 11 heteroatoms. The van der Waals surface area contributed by atoms with E-state index in [4.69, 9.17) is 14.2 Å². The number of aromatic nitrogens is 1. The fourth-order valence-corrected chi connectivity index (χ4v) is 3.53. The van der Waals surface area contributed by atoms with Crippen LogP contribution in [0, 0.1) is 0 Å². The number of carbonyl (C=O) groups is 2. The molecule has 0 fully saturated rings. The molecule has 1 aliphatic heterocycles. The van der Waals surface area contributed by atoms with Crippen molar-refractivity contribution in [1.82, 2.24) is 4.98 Å². The smallest absolute Gasteiger partial charge is 0.417 e. The molecule has 0 unspecified atom stereocenters. The molecule has 0 amide bonds. The third kappa shape index (κ3) is 5.17. The normalized spacial score (nSPS) is 14.4. The van der Waals surface area contributed by atoms with Crippen molar-refractivity contribution >= 4 is 29.4 Å². The molecule has 0 N–H and O–H groups in total. The molecule has 0 bridgehead atoms. The number of methoxy groups -OCH3 is 2. The summed E-state index contributed by atoms with van der Waals surface area (Å²) in [6.45, 7) is -0.0843. The maximum atomic E-state index is 12.7. The molecule has 1 aromatic heterocycles. The number of carbonyl (C=O) groups excluding carboxylic acids is 2. The SMILES string of the molecule is COC(=O)C1=C(C(=O)OC)N(c2ccc(Sc3ccc(C(F)(F)F)cn3)cc2)COC1. The Hall–Kier alpha value is -3.05. The molecular formula is C20H17F3N2O5S. The fraction of sp³-hybridized carbons (Fsp3) is 0.250. The van der Waals surface area contributed by atoms with Crippen LogP contribution in [-0.2, 0) is 30.0 Å². The number of benzene rings is 1. The van der Waals surface area contributed by atoms with Crippen LogP contribution in [0.5, 0.6) is 0 Å². The van der Waals surface area contributed by atoms with Crippen LogP contribution in [0.3, 0.4) is 0 Å². The second-order valence-electron chi connectivity index (χ2n) is 6.19. The largest absolute Gasteiger partial charge is 0.466 e. The Morgan fingerprint density at radius 1 is 1.06 bits per heavy atom. The van der Waals surface area contributed by atoms with Crippen LogP contribution in [0.1, 0.15) is 5.56 Å². The van der Waals surface area contributed by atoms with Crippen LogP contribution in [0.25, 0.3) is 0 Å². The van der Waals surface area contributed by atoms with E-state index in [0.29, 0.717) is 15.6 Å². The van der Waals surface area contributed by atoms with Gasteiger partial charge in [-0.25, -0.2) is 14.6 Å². The molecule has 0 spiro atoms. The minimum absolute atomic E-state index is 0.0118. The Kier molecular flexibility index (Phi) is 6.86. The van der Waals surface area contributed by atoms with Gasteiger partial charge in [0, 0.05) is 16.8 Å². The van der Waals surface area contributed by atoms with Crippen LogP contribution < -0.4 is 4.90 Å². The van der Waals surface area contributed by atoms with Crippen molar-refractivity contribution in [2.45, 2.75) is 16.1 Å². The number of ether oxygens (including phenoxy) is 3. The molecule has 7 nitrogen and oxygen atoms in total. The molecule has 0 radical (unpaired) electrons. The summed E-state index contributed by atoms with van der Waals surface area (Å²) in [6.07, 6.45) is -3.66. The lowest BCUT2D eigenvalue weighted by Gasteiger charge is -2.31. The van der Waals surface area contributed by atoms with Crippen molar-refractivity contribution in [1.29, 1.82) is 0 Å².